The number of likely N-dealkylation sites (tertiary alicyclic amines) is 1. The summed E-state index contributed by atoms with van der Waals surface area (Å²) in [7, 11) is 0. The van der Waals surface area contributed by atoms with Gasteiger partial charge in [0.15, 0.2) is 0 Å². The monoisotopic (exact) mass is 344 g/mol. The normalized spacial score (nSPS) is 22.7. The summed E-state index contributed by atoms with van der Waals surface area (Å²) in [5.41, 5.74) is 2.15. The van der Waals surface area contributed by atoms with Crippen molar-refractivity contribution in [3.63, 3.8) is 0 Å². The quantitative estimate of drug-likeness (QED) is 0.922. The van der Waals surface area contributed by atoms with Crippen molar-refractivity contribution >= 4 is 5.91 Å². The Morgan fingerprint density at radius 2 is 2.08 bits per heavy atom. The number of H-pyrrole nitrogens is 1. The van der Waals surface area contributed by atoms with Gasteiger partial charge in [0.25, 0.3) is 5.91 Å². The minimum atomic E-state index is 0.0323. The number of ether oxygens (including phenoxy) is 1. The zero-order valence-electron chi connectivity index (χ0n) is 14.3. The molecule has 1 amide bonds. The number of carbonyl (C=O) groups excluding carboxylic acids is 1. The lowest BCUT2D eigenvalue weighted by Crippen LogP contribution is -2.44. The van der Waals surface area contributed by atoms with Gasteiger partial charge in [0.05, 0.1) is 31.4 Å². The highest BCUT2D eigenvalue weighted by molar-refractivity contribution is 5.93. The maximum absolute atomic E-state index is 12.8. The highest BCUT2D eigenvalue weighted by Crippen LogP contribution is 2.21. The largest absolute Gasteiger partial charge is 0.472 e. The lowest BCUT2D eigenvalue weighted by atomic mass is 10.1. The predicted molar refractivity (Wildman–Crippen MR) is 92.2 cm³/mol. The van der Waals surface area contributed by atoms with E-state index in [0.29, 0.717) is 11.7 Å². The van der Waals surface area contributed by atoms with E-state index in [1.54, 1.807) is 18.6 Å². The second kappa shape index (κ2) is 7.41. The summed E-state index contributed by atoms with van der Waals surface area (Å²) < 4.78 is 10.5. The van der Waals surface area contributed by atoms with E-state index in [1.807, 2.05) is 11.0 Å². The smallest absolute Gasteiger partial charge is 0.271 e. The fraction of sp³-hybridized carbons (Fsp3) is 0.556. The molecule has 4 rings (SSSR count). The van der Waals surface area contributed by atoms with Gasteiger partial charge in [-0.15, -0.1) is 0 Å². The van der Waals surface area contributed by atoms with E-state index in [1.165, 1.54) is 0 Å². The molecular weight excluding hydrogens is 320 g/mol. The molecule has 134 valence electrons. The SMILES string of the molecule is O=C(c1cc(-c2ccoc2)n[nH]1)N1CCCC(N2CCOCC2)CC1. The number of hydrogen-bond donors (Lipinski definition) is 1. The van der Waals surface area contributed by atoms with Crippen LogP contribution in [0.3, 0.4) is 0 Å². The molecule has 0 aromatic carbocycles. The van der Waals surface area contributed by atoms with Crippen LogP contribution in [0.2, 0.25) is 0 Å². The Kier molecular flexibility index (Phi) is 4.85. The number of aromatic nitrogens is 2. The van der Waals surface area contributed by atoms with Gasteiger partial charge in [0.1, 0.15) is 5.69 Å². The lowest BCUT2D eigenvalue weighted by molar-refractivity contribution is 0.0135. The Morgan fingerprint density at radius 3 is 2.88 bits per heavy atom. The highest BCUT2D eigenvalue weighted by atomic mass is 16.5. The number of nitrogens with zero attached hydrogens (tertiary/aromatic N) is 3. The summed E-state index contributed by atoms with van der Waals surface area (Å²) >= 11 is 0. The fourth-order valence-electron chi connectivity index (χ4n) is 3.75. The molecule has 7 heteroatoms. The number of morpholine rings is 1. The minimum Gasteiger partial charge on any atom is -0.472 e. The van der Waals surface area contributed by atoms with Crippen LogP contribution < -0.4 is 0 Å². The van der Waals surface area contributed by atoms with Crippen LogP contribution in [0.4, 0.5) is 0 Å². The van der Waals surface area contributed by atoms with Crippen molar-refractivity contribution in [2.45, 2.75) is 25.3 Å². The van der Waals surface area contributed by atoms with Crippen molar-refractivity contribution in [3.8, 4) is 11.3 Å². The molecule has 2 saturated heterocycles. The van der Waals surface area contributed by atoms with Crippen LogP contribution in [-0.2, 0) is 4.74 Å². The zero-order chi connectivity index (χ0) is 17.1. The average molecular weight is 344 g/mol. The molecule has 1 unspecified atom stereocenters. The van der Waals surface area contributed by atoms with Crippen LogP contribution in [0.25, 0.3) is 11.3 Å². The summed E-state index contributed by atoms with van der Waals surface area (Å²) in [6, 6.07) is 4.20. The molecule has 25 heavy (non-hydrogen) atoms. The third-order valence-electron chi connectivity index (χ3n) is 5.17. The second-order valence-electron chi connectivity index (χ2n) is 6.70. The molecule has 4 heterocycles. The van der Waals surface area contributed by atoms with Gasteiger partial charge >= 0.3 is 0 Å². The minimum absolute atomic E-state index is 0.0323. The molecule has 0 aliphatic carbocycles. The molecule has 2 aromatic heterocycles. The van der Waals surface area contributed by atoms with Gasteiger partial charge in [-0.1, -0.05) is 0 Å². The van der Waals surface area contributed by atoms with Crippen molar-refractivity contribution in [1.29, 1.82) is 0 Å². The summed E-state index contributed by atoms with van der Waals surface area (Å²) in [6.45, 7) is 5.26. The first-order valence-corrected chi connectivity index (χ1v) is 9.00. The molecule has 0 saturated carbocycles. The third-order valence-corrected chi connectivity index (χ3v) is 5.17. The molecule has 0 bridgehead atoms. The molecule has 2 aliphatic rings. The lowest BCUT2D eigenvalue weighted by Gasteiger charge is -2.33. The molecule has 1 atom stereocenters. The first kappa shape index (κ1) is 16.4. The van der Waals surface area contributed by atoms with E-state index >= 15 is 0 Å². The van der Waals surface area contributed by atoms with Crippen molar-refractivity contribution in [2.24, 2.45) is 0 Å². The molecule has 2 fully saturated rings. The van der Waals surface area contributed by atoms with Crippen molar-refractivity contribution in [3.05, 3.63) is 30.4 Å². The van der Waals surface area contributed by atoms with E-state index in [2.05, 4.69) is 15.1 Å². The third kappa shape index (κ3) is 3.62. The van der Waals surface area contributed by atoms with Crippen molar-refractivity contribution in [2.75, 3.05) is 39.4 Å². The van der Waals surface area contributed by atoms with E-state index in [0.717, 1.165) is 69.9 Å². The molecule has 2 aliphatic heterocycles. The highest BCUT2D eigenvalue weighted by Gasteiger charge is 2.27. The van der Waals surface area contributed by atoms with Gasteiger partial charge < -0.3 is 14.1 Å². The maximum Gasteiger partial charge on any atom is 0.271 e. The van der Waals surface area contributed by atoms with Crippen molar-refractivity contribution in [1.82, 2.24) is 20.0 Å². The van der Waals surface area contributed by atoms with Crippen LogP contribution in [0.5, 0.6) is 0 Å². The number of nitrogens with one attached hydrogen (secondary N) is 1. The van der Waals surface area contributed by atoms with E-state index in [4.69, 9.17) is 9.15 Å². The van der Waals surface area contributed by atoms with E-state index in [9.17, 15) is 4.79 Å². The topological polar surface area (TPSA) is 74.6 Å². The maximum atomic E-state index is 12.8. The Bertz CT molecular complexity index is 691. The van der Waals surface area contributed by atoms with Crippen LogP contribution >= 0.6 is 0 Å². The molecule has 2 aromatic rings. The Hall–Kier alpha value is -2.12. The first-order chi connectivity index (χ1) is 12.3. The summed E-state index contributed by atoms with van der Waals surface area (Å²) in [6.07, 6.45) is 6.44. The number of aromatic amines is 1. The molecule has 0 spiro atoms. The first-order valence-electron chi connectivity index (χ1n) is 9.00. The van der Waals surface area contributed by atoms with Gasteiger partial charge in [-0.3, -0.25) is 14.8 Å². The number of rotatable bonds is 3. The Balaban J connectivity index is 1.39. The van der Waals surface area contributed by atoms with E-state index < -0.39 is 0 Å². The van der Waals surface area contributed by atoms with Crippen LogP contribution in [0.1, 0.15) is 29.8 Å². The van der Waals surface area contributed by atoms with Gasteiger partial charge in [-0.05, 0) is 31.4 Å². The summed E-state index contributed by atoms with van der Waals surface area (Å²) in [4.78, 5) is 17.3. The number of amides is 1. The number of hydrogen-bond acceptors (Lipinski definition) is 5. The molecule has 0 radical (unpaired) electrons. The molecular formula is C18H24N4O3. The molecule has 7 nitrogen and oxygen atoms in total. The predicted octanol–water partition coefficient (Wildman–Crippen LogP) is 2.00. The average Bonchev–Trinajstić information content (AvgIpc) is 3.29. The Morgan fingerprint density at radius 1 is 1.20 bits per heavy atom. The van der Waals surface area contributed by atoms with Crippen LogP contribution in [0, 0.1) is 0 Å². The summed E-state index contributed by atoms with van der Waals surface area (Å²) in [5.74, 6) is 0.0323. The van der Waals surface area contributed by atoms with E-state index in [-0.39, 0.29) is 5.91 Å². The van der Waals surface area contributed by atoms with Gasteiger partial charge in [0.2, 0.25) is 0 Å². The van der Waals surface area contributed by atoms with Gasteiger partial charge in [-0.25, -0.2) is 0 Å². The molecule has 1 N–H and O–H groups in total. The fourth-order valence-corrected chi connectivity index (χ4v) is 3.75. The Labute approximate surface area is 146 Å². The van der Waals surface area contributed by atoms with Gasteiger partial charge in [-0.2, -0.15) is 5.10 Å². The van der Waals surface area contributed by atoms with Crippen molar-refractivity contribution < 1.29 is 13.9 Å². The standard InChI is InChI=1S/C18H24N4O3/c23-18(17-12-16(19-20-17)14-4-9-25-13-14)22-5-1-2-15(3-6-22)21-7-10-24-11-8-21/h4,9,12-13,15H,1-3,5-8,10-11H2,(H,19,20). The summed E-state index contributed by atoms with van der Waals surface area (Å²) in [5, 5.41) is 7.11. The van der Waals surface area contributed by atoms with Crippen LogP contribution in [0.15, 0.2) is 29.1 Å². The number of carbonyl (C=O) groups is 1. The second-order valence-corrected chi connectivity index (χ2v) is 6.70. The van der Waals surface area contributed by atoms with Gasteiger partial charge in [0, 0.05) is 37.8 Å². The number of furan rings is 1. The van der Waals surface area contributed by atoms with Crippen LogP contribution in [-0.4, -0.2) is 71.3 Å². The zero-order valence-corrected chi connectivity index (χ0v) is 14.3.